The van der Waals surface area contributed by atoms with E-state index in [4.69, 9.17) is 14.7 Å². The van der Waals surface area contributed by atoms with E-state index in [2.05, 4.69) is 26.1 Å². The molecule has 0 amide bonds. The van der Waals surface area contributed by atoms with Gasteiger partial charge >= 0.3 is 0 Å². The van der Waals surface area contributed by atoms with Gasteiger partial charge in [-0.05, 0) is 64.6 Å². The minimum absolute atomic E-state index is 0.214. The van der Waals surface area contributed by atoms with Gasteiger partial charge in [0.2, 0.25) is 0 Å². The molecule has 1 saturated carbocycles. The molecule has 0 atom stereocenters. The fraction of sp³-hybridized carbons (Fsp3) is 0.750. The van der Waals surface area contributed by atoms with Gasteiger partial charge in [-0.15, -0.1) is 0 Å². The molecular weight excluding hydrogens is 250 g/mol. The highest BCUT2D eigenvalue weighted by molar-refractivity contribution is 5.26. The van der Waals surface area contributed by atoms with Crippen molar-refractivity contribution in [2.75, 3.05) is 20.2 Å². The molecule has 2 rings (SSSR count). The van der Waals surface area contributed by atoms with Gasteiger partial charge in [0.05, 0.1) is 0 Å². The van der Waals surface area contributed by atoms with Crippen LogP contribution in [-0.4, -0.2) is 30.2 Å². The molecule has 0 spiro atoms. The molecule has 0 radical (unpaired) electrons. The summed E-state index contributed by atoms with van der Waals surface area (Å²) in [4.78, 5) is 9.47. The lowest BCUT2D eigenvalue weighted by Crippen LogP contribution is -2.38. The molecule has 0 aliphatic heterocycles. The first-order chi connectivity index (χ1) is 9.63. The quantitative estimate of drug-likeness (QED) is 0.778. The molecule has 1 aliphatic rings. The highest BCUT2D eigenvalue weighted by atomic mass is 16.5. The maximum Gasteiger partial charge on any atom is 0.160 e. The number of hydrogen-bond acceptors (Lipinski definition) is 4. The number of ether oxygens (including phenoxy) is 1. The molecule has 0 unspecified atom stereocenters. The van der Waals surface area contributed by atoms with Crippen LogP contribution in [-0.2, 0) is 16.8 Å². The molecule has 4 nitrogen and oxygen atoms in total. The Morgan fingerprint density at radius 1 is 1.15 bits per heavy atom. The normalized spacial score (nSPS) is 17.0. The number of aromatic nitrogens is 2. The summed E-state index contributed by atoms with van der Waals surface area (Å²) in [6.45, 7) is 8.44. The average molecular weight is 277 g/mol. The average Bonchev–Trinajstić information content (AvgIpc) is 2.36. The van der Waals surface area contributed by atoms with Crippen LogP contribution in [0, 0.1) is 13.8 Å². The van der Waals surface area contributed by atoms with E-state index >= 15 is 0 Å². The predicted octanol–water partition coefficient (Wildman–Crippen LogP) is 2.66. The maximum absolute atomic E-state index is 5.69. The molecular formula is C16H27N3O. The molecule has 1 N–H and O–H groups in total. The zero-order chi connectivity index (χ0) is 14.6. The van der Waals surface area contributed by atoms with Crippen molar-refractivity contribution in [3.63, 3.8) is 0 Å². The third kappa shape index (κ3) is 3.01. The van der Waals surface area contributed by atoms with Crippen molar-refractivity contribution >= 4 is 0 Å². The van der Waals surface area contributed by atoms with Crippen LogP contribution in [0.15, 0.2) is 0 Å². The Hall–Kier alpha value is -1.00. The lowest BCUT2D eigenvalue weighted by Gasteiger charge is -2.39. The Kier molecular flexibility index (Phi) is 5.11. The van der Waals surface area contributed by atoms with Gasteiger partial charge in [-0.2, -0.15) is 0 Å². The maximum atomic E-state index is 5.69. The van der Waals surface area contributed by atoms with Crippen LogP contribution in [0.2, 0.25) is 0 Å². The first kappa shape index (κ1) is 15.4. The third-order valence-corrected chi connectivity index (χ3v) is 4.36. The molecule has 112 valence electrons. The van der Waals surface area contributed by atoms with Crippen molar-refractivity contribution < 1.29 is 4.74 Å². The Labute approximate surface area is 122 Å². The monoisotopic (exact) mass is 277 g/mol. The van der Waals surface area contributed by atoms with Gasteiger partial charge in [0.15, 0.2) is 5.82 Å². The molecule has 1 fully saturated rings. The molecule has 1 heterocycles. The number of aryl methyl sites for hydroxylation is 2. The molecule has 0 saturated heterocycles. The van der Waals surface area contributed by atoms with Gasteiger partial charge in [-0.1, -0.05) is 6.92 Å². The van der Waals surface area contributed by atoms with Gasteiger partial charge in [0.1, 0.15) is 5.60 Å². The van der Waals surface area contributed by atoms with E-state index in [0.717, 1.165) is 49.6 Å². The Bertz CT molecular complexity index is 427. The topological polar surface area (TPSA) is 47.0 Å². The first-order valence-corrected chi connectivity index (χ1v) is 7.73. The van der Waals surface area contributed by atoms with Crippen molar-refractivity contribution in [3.05, 3.63) is 22.8 Å². The summed E-state index contributed by atoms with van der Waals surface area (Å²) in [6, 6.07) is 0. The molecule has 1 aliphatic carbocycles. The largest absolute Gasteiger partial charge is 0.370 e. The Balaban J connectivity index is 2.12. The summed E-state index contributed by atoms with van der Waals surface area (Å²) in [6.07, 6.45) is 5.46. The van der Waals surface area contributed by atoms with Crippen LogP contribution in [0.4, 0.5) is 0 Å². The second-order valence-corrected chi connectivity index (χ2v) is 5.75. The van der Waals surface area contributed by atoms with Crippen LogP contribution in [0.25, 0.3) is 0 Å². The van der Waals surface area contributed by atoms with Crippen molar-refractivity contribution in [2.24, 2.45) is 0 Å². The number of methoxy groups -OCH3 is 1. The summed E-state index contributed by atoms with van der Waals surface area (Å²) in [5.74, 6) is 0.881. The minimum atomic E-state index is -0.214. The predicted molar refractivity (Wildman–Crippen MR) is 80.9 cm³/mol. The lowest BCUT2D eigenvalue weighted by atomic mass is 9.79. The van der Waals surface area contributed by atoms with Gasteiger partial charge in [-0.3, -0.25) is 0 Å². The summed E-state index contributed by atoms with van der Waals surface area (Å²) in [5.41, 5.74) is 3.28. The van der Waals surface area contributed by atoms with E-state index in [9.17, 15) is 0 Å². The second-order valence-electron chi connectivity index (χ2n) is 5.75. The second kappa shape index (κ2) is 6.64. The van der Waals surface area contributed by atoms with Crippen LogP contribution >= 0.6 is 0 Å². The zero-order valence-corrected chi connectivity index (χ0v) is 13.3. The summed E-state index contributed by atoms with van der Waals surface area (Å²) in [7, 11) is 1.77. The minimum Gasteiger partial charge on any atom is -0.370 e. The van der Waals surface area contributed by atoms with Crippen molar-refractivity contribution in [1.82, 2.24) is 15.3 Å². The summed E-state index contributed by atoms with van der Waals surface area (Å²) < 4.78 is 5.69. The van der Waals surface area contributed by atoms with Crippen molar-refractivity contribution in [3.8, 4) is 0 Å². The SMILES string of the molecule is CCCNCCc1c(C)nc(C2(OC)CCC2)nc1C. The van der Waals surface area contributed by atoms with Gasteiger partial charge in [0.25, 0.3) is 0 Å². The zero-order valence-electron chi connectivity index (χ0n) is 13.3. The lowest BCUT2D eigenvalue weighted by molar-refractivity contribution is -0.0848. The molecule has 1 aromatic rings. The molecule has 1 aromatic heterocycles. The molecule has 0 bridgehead atoms. The number of rotatable bonds is 7. The fourth-order valence-corrected chi connectivity index (χ4v) is 2.84. The molecule has 20 heavy (non-hydrogen) atoms. The first-order valence-electron chi connectivity index (χ1n) is 7.73. The van der Waals surface area contributed by atoms with E-state index in [-0.39, 0.29) is 5.60 Å². The van der Waals surface area contributed by atoms with E-state index in [1.165, 1.54) is 18.4 Å². The van der Waals surface area contributed by atoms with Crippen LogP contribution in [0.1, 0.15) is 55.4 Å². The van der Waals surface area contributed by atoms with E-state index in [0.29, 0.717) is 0 Å². The van der Waals surface area contributed by atoms with E-state index in [1.54, 1.807) is 7.11 Å². The third-order valence-electron chi connectivity index (χ3n) is 4.36. The summed E-state index contributed by atoms with van der Waals surface area (Å²) >= 11 is 0. The molecule has 0 aromatic carbocycles. The standard InChI is InChI=1S/C16H27N3O/c1-5-10-17-11-7-14-12(2)18-15(19-13(14)3)16(20-4)8-6-9-16/h17H,5-11H2,1-4H3. The Morgan fingerprint density at radius 3 is 2.25 bits per heavy atom. The Morgan fingerprint density at radius 2 is 1.80 bits per heavy atom. The highest BCUT2D eigenvalue weighted by Crippen LogP contribution is 2.42. The highest BCUT2D eigenvalue weighted by Gasteiger charge is 2.42. The van der Waals surface area contributed by atoms with E-state index < -0.39 is 0 Å². The number of hydrogen-bond donors (Lipinski definition) is 1. The summed E-state index contributed by atoms with van der Waals surface area (Å²) in [5, 5.41) is 3.44. The van der Waals surface area contributed by atoms with Crippen LogP contribution < -0.4 is 5.32 Å². The molecule has 4 heteroatoms. The van der Waals surface area contributed by atoms with Gasteiger partial charge in [0, 0.05) is 18.5 Å². The van der Waals surface area contributed by atoms with Crippen LogP contribution in [0.5, 0.6) is 0 Å². The van der Waals surface area contributed by atoms with Crippen molar-refractivity contribution in [1.29, 1.82) is 0 Å². The van der Waals surface area contributed by atoms with Crippen molar-refractivity contribution in [2.45, 2.75) is 58.5 Å². The number of nitrogens with zero attached hydrogens (tertiary/aromatic N) is 2. The smallest absolute Gasteiger partial charge is 0.160 e. The van der Waals surface area contributed by atoms with Gasteiger partial charge in [-0.25, -0.2) is 9.97 Å². The fourth-order valence-electron chi connectivity index (χ4n) is 2.84. The van der Waals surface area contributed by atoms with Crippen LogP contribution in [0.3, 0.4) is 0 Å². The number of nitrogens with one attached hydrogen (secondary N) is 1. The van der Waals surface area contributed by atoms with E-state index in [1.807, 2.05) is 0 Å². The van der Waals surface area contributed by atoms with Gasteiger partial charge < -0.3 is 10.1 Å².